The van der Waals surface area contributed by atoms with Crippen LogP contribution in [0.4, 0.5) is 0 Å². The second-order valence-corrected chi connectivity index (χ2v) is 7.11. The molecule has 0 aliphatic heterocycles. The van der Waals surface area contributed by atoms with Gasteiger partial charge in [-0.1, -0.05) is 18.0 Å². The normalized spacial score (nSPS) is 21.8. The van der Waals surface area contributed by atoms with Crippen molar-refractivity contribution in [1.82, 2.24) is 10.3 Å². The molecule has 0 saturated heterocycles. The molecular formula is C15H18ClN3OS. The maximum atomic E-state index is 12.0. The van der Waals surface area contributed by atoms with Gasteiger partial charge < -0.3 is 11.1 Å². The first-order chi connectivity index (χ1) is 10.1. The largest absolute Gasteiger partial charge is 0.350 e. The number of rotatable bonds is 4. The van der Waals surface area contributed by atoms with E-state index in [2.05, 4.69) is 10.3 Å². The molecule has 1 aliphatic rings. The van der Waals surface area contributed by atoms with Crippen LogP contribution in [0.3, 0.4) is 0 Å². The Kier molecular flexibility index (Phi) is 4.42. The van der Waals surface area contributed by atoms with Gasteiger partial charge in [-0.2, -0.15) is 0 Å². The highest BCUT2D eigenvalue weighted by atomic mass is 35.5. The van der Waals surface area contributed by atoms with Crippen LogP contribution in [0.15, 0.2) is 18.2 Å². The average molecular weight is 324 g/mol. The first-order valence-electron chi connectivity index (χ1n) is 7.19. The third-order valence-electron chi connectivity index (χ3n) is 4.00. The van der Waals surface area contributed by atoms with E-state index >= 15 is 0 Å². The molecule has 1 aromatic carbocycles. The van der Waals surface area contributed by atoms with Crippen molar-refractivity contribution >= 4 is 39.1 Å². The van der Waals surface area contributed by atoms with E-state index in [9.17, 15) is 4.79 Å². The Labute approximate surface area is 132 Å². The maximum absolute atomic E-state index is 12.0. The van der Waals surface area contributed by atoms with Crippen LogP contribution in [0, 0.1) is 5.92 Å². The summed E-state index contributed by atoms with van der Waals surface area (Å²) >= 11 is 7.53. The smallest absolute Gasteiger partial charge is 0.220 e. The molecule has 3 rings (SSSR count). The lowest BCUT2D eigenvalue weighted by molar-refractivity contribution is -0.122. The molecule has 1 saturated carbocycles. The Morgan fingerprint density at radius 2 is 2.33 bits per heavy atom. The topological polar surface area (TPSA) is 68.0 Å². The van der Waals surface area contributed by atoms with Crippen LogP contribution in [-0.4, -0.2) is 16.9 Å². The predicted molar refractivity (Wildman–Crippen MR) is 86.4 cm³/mol. The van der Waals surface area contributed by atoms with Gasteiger partial charge >= 0.3 is 0 Å². The van der Waals surface area contributed by atoms with Gasteiger partial charge in [-0.15, -0.1) is 11.3 Å². The summed E-state index contributed by atoms with van der Waals surface area (Å²) in [4.78, 5) is 16.5. The SMILES string of the molecule is N[C@@H]1CCC[C@H]1CC(=O)NCc1nc2cc(Cl)ccc2s1. The van der Waals surface area contributed by atoms with E-state index in [-0.39, 0.29) is 11.9 Å². The lowest BCUT2D eigenvalue weighted by Crippen LogP contribution is -2.31. The summed E-state index contributed by atoms with van der Waals surface area (Å²) in [7, 11) is 0. The van der Waals surface area contributed by atoms with Gasteiger partial charge in [0.15, 0.2) is 0 Å². The monoisotopic (exact) mass is 323 g/mol. The van der Waals surface area contributed by atoms with Gasteiger partial charge in [-0.25, -0.2) is 4.98 Å². The Morgan fingerprint density at radius 3 is 3.10 bits per heavy atom. The van der Waals surface area contributed by atoms with Crippen molar-refractivity contribution in [2.24, 2.45) is 11.7 Å². The molecule has 1 heterocycles. The van der Waals surface area contributed by atoms with E-state index in [0.717, 1.165) is 34.5 Å². The molecule has 6 heteroatoms. The summed E-state index contributed by atoms with van der Waals surface area (Å²) in [6.45, 7) is 0.470. The Bertz CT molecular complexity index is 657. The lowest BCUT2D eigenvalue weighted by Gasteiger charge is -2.14. The molecule has 0 unspecified atom stereocenters. The minimum Gasteiger partial charge on any atom is -0.350 e. The van der Waals surface area contributed by atoms with Gasteiger partial charge in [0, 0.05) is 17.5 Å². The summed E-state index contributed by atoms with van der Waals surface area (Å²) in [6, 6.07) is 5.83. The minimum atomic E-state index is 0.0645. The van der Waals surface area contributed by atoms with E-state index in [1.807, 2.05) is 18.2 Å². The fraction of sp³-hybridized carbons (Fsp3) is 0.467. The third-order valence-corrected chi connectivity index (χ3v) is 5.27. The van der Waals surface area contributed by atoms with Gasteiger partial charge in [0.1, 0.15) is 5.01 Å². The highest BCUT2D eigenvalue weighted by Crippen LogP contribution is 2.27. The summed E-state index contributed by atoms with van der Waals surface area (Å²) in [5.41, 5.74) is 6.88. The van der Waals surface area contributed by atoms with Crippen LogP contribution in [0.1, 0.15) is 30.7 Å². The first kappa shape index (κ1) is 14.8. The second kappa shape index (κ2) is 6.30. The van der Waals surface area contributed by atoms with Gasteiger partial charge in [0.05, 0.1) is 16.8 Å². The number of nitrogens with zero attached hydrogens (tertiary/aromatic N) is 1. The van der Waals surface area contributed by atoms with Crippen LogP contribution in [-0.2, 0) is 11.3 Å². The number of halogens is 1. The molecule has 2 atom stereocenters. The molecule has 1 amide bonds. The number of thiazole rings is 1. The van der Waals surface area contributed by atoms with Gasteiger partial charge in [0.2, 0.25) is 5.91 Å². The van der Waals surface area contributed by atoms with E-state index in [0.29, 0.717) is 23.9 Å². The molecule has 0 spiro atoms. The zero-order chi connectivity index (χ0) is 14.8. The molecule has 3 N–H and O–H groups in total. The third kappa shape index (κ3) is 3.54. The number of hydrogen-bond acceptors (Lipinski definition) is 4. The Balaban J connectivity index is 1.57. The number of benzene rings is 1. The van der Waals surface area contributed by atoms with Crippen LogP contribution in [0.5, 0.6) is 0 Å². The van der Waals surface area contributed by atoms with Crippen LogP contribution >= 0.6 is 22.9 Å². The number of fused-ring (bicyclic) bond motifs is 1. The molecule has 4 nitrogen and oxygen atoms in total. The zero-order valence-corrected chi connectivity index (χ0v) is 13.2. The van der Waals surface area contributed by atoms with Gasteiger partial charge in [-0.05, 0) is 37.0 Å². The molecule has 1 fully saturated rings. The first-order valence-corrected chi connectivity index (χ1v) is 8.38. The van der Waals surface area contributed by atoms with Crippen molar-refractivity contribution < 1.29 is 4.79 Å². The summed E-state index contributed by atoms with van der Waals surface area (Å²) < 4.78 is 1.08. The summed E-state index contributed by atoms with van der Waals surface area (Å²) in [6.07, 6.45) is 3.76. The van der Waals surface area contributed by atoms with E-state index in [4.69, 9.17) is 17.3 Å². The number of nitrogens with one attached hydrogen (secondary N) is 1. The average Bonchev–Trinajstić information content (AvgIpc) is 3.02. The summed E-state index contributed by atoms with van der Waals surface area (Å²) in [5, 5.41) is 4.52. The number of carbonyl (C=O) groups excluding carboxylic acids is 1. The number of amides is 1. The Morgan fingerprint density at radius 1 is 1.48 bits per heavy atom. The van der Waals surface area contributed by atoms with Crippen molar-refractivity contribution in [2.75, 3.05) is 0 Å². The van der Waals surface area contributed by atoms with Crippen LogP contribution in [0.25, 0.3) is 10.2 Å². The molecule has 2 aromatic rings. The maximum Gasteiger partial charge on any atom is 0.220 e. The molecule has 0 bridgehead atoms. The lowest BCUT2D eigenvalue weighted by atomic mass is 10.00. The van der Waals surface area contributed by atoms with Crippen molar-refractivity contribution in [3.8, 4) is 0 Å². The zero-order valence-electron chi connectivity index (χ0n) is 11.6. The standard InChI is InChI=1S/C15H18ClN3OS/c16-10-4-5-13-12(7-10)19-15(21-13)8-18-14(20)6-9-2-1-3-11(9)17/h4-5,7,9,11H,1-3,6,8,17H2,(H,18,20)/t9-,11+/m0/s1. The number of carbonyl (C=O) groups is 1. The quantitative estimate of drug-likeness (QED) is 0.908. The van der Waals surface area contributed by atoms with E-state index < -0.39 is 0 Å². The van der Waals surface area contributed by atoms with Gasteiger partial charge in [0.25, 0.3) is 0 Å². The van der Waals surface area contributed by atoms with Crippen molar-refractivity contribution in [3.05, 3.63) is 28.2 Å². The number of nitrogens with two attached hydrogens (primary N) is 1. The van der Waals surface area contributed by atoms with Crippen molar-refractivity contribution in [1.29, 1.82) is 0 Å². The summed E-state index contributed by atoms with van der Waals surface area (Å²) in [5.74, 6) is 0.397. The van der Waals surface area contributed by atoms with Crippen molar-refractivity contribution in [2.45, 2.75) is 38.3 Å². The highest BCUT2D eigenvalue weighted by molar-refractivity contribution is 7.18. The number of hydrogen-bond donors (Lipinski definition) is 2. The molecular weight excluding hydrogens is 306 g/mol. The highest BCUT2D eigenvalue weighted by Gasteiger charge is 2.25. The second-order valence-electron chi connectivity index (χ2n) is 5.56. The molecule has 21 heavy (non-hydrogen) atoms. The molecule has 0 radical (unpaired) electrons. The van der Waals surface area contributed by atoms with Gasteiger partial charge in [-0.3, -0.25) is 4.79 Å². The van der Waals surface area contributed by atoms with E-state index in [1.165, 1.54) is 0 Å². The van der Waals surface area contributed by atoms with Crippen molar-refractivity contribution in [3.63, 3.8) is 0 Å². The Hall–Kier alpha value is -1.17. The minimum absolute atomic E-state index is 0.0645. The molecule has 112 valence electrons. The predicted octanol–water partition coefficient (Wildman–Crippen LogP) is 3.08. The number of aromatic nitrogens is 1. The molecule has 1 aliphatic carbocycles. The fourth-order valence-corrected chi connectivity index (χ4v) is 3.88. The van der Waals surface area contributed by atoms with E-state index in [1.54, 1.807) is 11.3 Å². The fourth-order valence-electron chi connectivity index (χ4n) is 2.83. The molecule has 1 aromatic heterocycles. The van der Waals surface area contributed by atoms with Crippen LogP contribution < -0.4 is 11.1 Å². The van der Waals surface area contributed by atoms with Crippen LogP contribution in [0.2, 0.25) is 5.02 Å².